The molecule has 0 fully saturated rings. The maximum absolute atomic E-state index is 6.28. The van der Waals surface area contributed by atoms with E-state index in [2.05, 4.69) is 21.4 Å². The van der Waals surface area contributed by atoms with Gasteiger partial charge in [-0.3, -0.25) is 9.97 Å². The molecule has 0 spiro atoms. The summed E-state index contributed by atoms with van der Waals surface area (Å²) in [6.45, 7) is 0.706. The summed E-state index contributed by atoms with van der Waals surface area (Å²) >= 11 is 12.6. The second-order valence-corrected chi connectivity index (χ2v) is 7.32. The first-order valence-corrected chi connectivity index (χ1v) is 9.54. The van der Waals surface area contributed by atoms with E-state index in [9.17, 15) is 0 Å². The Morgan fingerprint density at radius 3 is 2.62 bits per heavy atom. The van der Waals surface area contributed by atoms with E-state index in [0.29, 0.717) is 22.6 Å². The second-order valence-electron chi connectivity index (χ2n) is 6.51. The number of benzene rings is 1. The zero-order valence-corrected chi connectivity index (χ0v) is 15.8. The molecule has 2 aromatic heterocycles. The van der Waals surface area contributed by atoms with Gasteiger partial charge in [0.25, 0.3) is 0 Å². The van der Waals surface area contributed by atoms with Crippen molar-refractivity contribution in [2.45, 2.75) is 31.8 Å². The van der Waals surface area contributed by atoms with E-state index >= 15 is 0 Å². The van der Waals surface area contributed by atoms with Crippen molar-refractivity contribution in [3.05, 3.63) is 81.9 Å². The van der Waals surface area contributed by atoms with Crippen LogP contribution in [-0.4, -0.2) is 9.97 Å². The minimum Gasteiger partial charge on any atom is -0.303 e. The van der Waals surface area contributed by atoms with Crippen LogP contribution < -0.4 is 5.32 Å². The molecule has 0 bridgehead atoms. The lowest BCUT2D eigenvalue weighted by Gasteiger charge is -2.25. The summed E-state index contributed by atoms with van der Waals surface area (Å²) < 4.78 is 0. The molecule has 0 saturated carbocycles. The summed E-state index contributed by atoms with van der Waals surface area (Å²) in [5.41, 5.74) is 5.27. The SMILES string of the molecule is Clc1cccc(Cl)c1-c1ccc(CNC2CCCc3cccnc32)nc1. The first kappa shape index (κ1) is 17.5. The number of hydrogen-bond donors (Lipinski definition) is 1. The molecule has 0 aliphatic heterocycles. The van der Waals surface area contributed by atoms with Crippen LogP contribution in [0.1, 0.15) is 35.8 Å². The van der Waals surface area contributed by atoms with Crippen LogP contribution in [0.25, 0.3) is 11.1 Å². The lowest BCUT2D eigenvalue weighted by Crippen LogP contribution is -2.26. The van der Waals surface area contributed by atoms with Gasteiger partial charge in [0, 0.05) is 40.1 Å². The fourth-order valence-electron chi connectivity index (χ4n) is 3.49. The van der Waals surface area contributed by atoms with E-state index in [1.807, 2.05) is 48.8 Å². The molecule has 1 unspecified atom stereocenters. The third-order valence-corrected chi connectivity index (χ3v) is 5.43. The Balaban J connectivity index is 1.48. The van der Waals surface area contributed by atoms with Crippen LogP contribution in [0.3, 0.4) is 0 Å². The molecular formula is C21H19Cl2N3. The Morgan fingerprint density at radius 2 is 1.85 bits per heavy atom. The molecule has 2 heterocycles. The molecule has 5 heteroatoms. The number of aryl methyl sites for hydroxylation is 1. The molecule has 1 aliphatic carbocycles. The van der Waals surface area contributed by atoms with Crippen LogP contribution >= 0.6 is 23.2 Å². The lowest BCUT2D eigenvalue weighted by molar-refractivity contribution is 0.445. The molecule has 1 atom stereocenters. The number of hydrogen-bond acceptors (Lipinski definition) is 3. The van der Waals surface area contributed by atoms with E-state index in [0.717, 1.165) is 29.7 Å². The number of halogens is 2. The molecule has 0 amide bonds. The normalized spacial score (nSPS) is 16.3. The van der Waals surface area contributed by atoms with Gasteiger partial charge in [-0.2, -0.15) is 0 Å². The third kappa shape index (κ3) is 3.61. The third-order valence-electron chi connectivity index (χ3n) is 4.80. The van der Waals surface area contributed by atoms with Crippen molar-refractivity contribution in [1.82, 2.24) is 15.3 Å². The van der Waals surface area contributed by atoms with Gasteiger partial charge in [0.2, 0.25) is 0 Å². The number of nitrogens with one attached hydrogen (secondary N) is 1. The molecule has 0 saturated heterocycles. The molecule has 1 aliphatic rings. The standard InChI is InChI=1S/C21H19Cl2N3/c22-17-6-2-7-18(23)20(17)15-9-10-16(25-12-15)13-26-19-8-1-4-14-5-3-11-24-21(14)19/h2-3,5-7,9-12,19,26H,1,4,8,13H2. The monoisotopic (exact) mass is 383 g/mol. The van der Waals surface area contributed by atoms with Gasteiger partial charge in [0.05, 0.1) is 17.4 Å². The number of nitrogens with zero attached hydrogens (tertiary/aromatic N) is 2. The first-order valence-electron chi connectivity index (χ1n) is 8.79. The van der Waals surface area contributed by atoms with Gasteiger partial charge < -0.3 is 5.32 Å². The van der Waals surface area contributed by atoms with Gasteiger partial charge in [0.15, 0.2) is 0 Å². The van der Waals surface area contributed by atoms with Crippen LogP contribution in [0.5, 0.6) is 0 Å². The van der Waals surface area contributed by atoms with Crippen molar-refractivity contribution in [1.29, 1.82) is 0 Å². The maximum atomic E-state index is 6.28. The largest absolute Gasteiger partial charge is 0.303 e. The minimum absolute atomic E-state index is 0.291. The zero-order valence-electron chi connectivity index (χ0n) is 14.3. The number of rotatable bonds is 4. The highest BCUT2D eigenvalue weighted by Crippen LogP contribution is 2.34. The summed E-state index contributed by atoms with van der Waals surface area (Å²) in [7, 11) is 0. The van der Waals surface area contributed by atoms with Crippen LogP contribution in [0.4, 0.5) is 0 Å². The molecule has 26 heavy (non-hydrogen) atoms. The Hall–Kier alpha value is -1.94. The minimum atomic E-state index is 0.291. The lowest BCUT2D eigenvalue weighted by atomic mass is 9.92. The number of pyridine rings is 2. The molecule has 1 aromatic carbocycles. The topological polar surface area (TPSA) is 37.8 Å². The maximum Gasteiger partial charge on any atom is 0.0605 e. The predicted molar refractivity (Wildman–Crippen MR) is 106 cm³/mol. The van der Waals surface area contributed by atoms with Crippen molar-refractivity contribution in [2.75, 3.05) is 0 Å². The Bertz CT molecular complexity index is 889. The zero-order chi connectivity index (χ0) is 17.9. The van der Waals surface area contributed by atoms with Crippen LogP contribution in [0.2, 0.25) is 10.0 Å². The summed E-state index contributed by atoms with van der Waals surface area (Å²) in [6.07, 6.45) is 7.12. The second kappa shape index (κ2) is 7.75. The van der Waals surface area contributed by atoms with Gasteiger partial charge in [0.1, 0.15) is 0 Å². The van der Waals surface area contributed by atoms with Crippen LogP contribution in [0.15, 0.2) is 54.9 Å². The van der Waals surface area contributed by atoms with Crippen LogP contribution in [0, 0.1) is 0 Å². The average Bonchev–Trinajstić information content (AvgIpc) is 2.67. The van der Waals surface area contributed by atoms with Gasteiger partial charge in [-0.1, -0.05) is 41.4 Å². The highest BCUT2D eigenvalue weighted by atomic mass is 35.5. The molecule has 132 valence electrons. The van der Waals surface area contributed by atoms with Crippen molar-refractivity contribution >= 4 is 23.2 Å². The molecule has 0 radical (unpaired) electrons. The Kier molecular flexibility index (Phi) is 5.21. The van der Waals surface area contributed by atoms with E-state index in [1.165, 1.54) is 17.7 Å². The molecule has 3 aromatic rings. The van der Waals surface area contributed by atoms with E-state index in [1.54, 1.807) is 0 Å². The van der Waals surface area contributed by atoms with Gasteiger partial charge in [-0.15, -0.1) is 0 Å². The highest BCUT2D eigenvalue weighted by Gasteiger charge is 2.20. The molecule has 3 nitrogen and oxygen atoms in total. The predicted octanol–water partition coefficient (Wildman–Crippen LogP) is 5.62. The first-order chi connectivity index (χ1) is 12.7. The van der Waals surface area contributed by atoms with Gasteiger partial charge in [-0.05, 0) is 49.1 Å². The van der Waals surface area contributed by atoms with Gasteiger partial charge >= 0.3 is 0 Å². The van der Waals surface area contributed by atoms with Crippen molar-refractivity contribution in [3.63, 3.8) is 0 Å². The fourth-order valence-corrected chi connectivity index (χ4v) is 4.10. The fraction of sp³-hybridized carbons (Fsp3) is 0.238. The molecule has 4 rings (SSSR count). The van der Waals surface area contributed by atoms with E-state index < -0.39 is 0 Å². The van der Waals surface area contributed by atoms with Crippen molar-refractivity contribution in [2.24, 2.45) is 0 Å². The Labute approximate surface area is 163 Å². The number of fused-ring (bicyclic) bond motifs is 1. The highest BCUT2D eigenvalue weighted by molar-refractivity contribution is 6.39. The summed E-state index contributed by atoms with van der Waals surface area (Å²) in [6, 6.07) is 14.0. The molecular weight excluding hydrogens is 365 g/mol. The summed E-state index contributed by atoms with van der Waals surface area (Å²) in [5.74, 6) is 0. The Morgan fingerprint density at radius 1 is 1.00 bits per heavy atom. The number of aromatic nitrogens is 2. The van der Waals surface area contributed by atoms with Crippen LogP contribution in [-0.2, 0) is 13.0 Å². The van der Waals surface area contributed by atoms with Crippen molar-refractivity contribution < 1.29 is 0 Å². The van der Waals surface area contributed by atoms with Gasteiger partial charge in [-0.25, -0.2) is 0 Å². The smallest absolute Gasteiger partial charge is 0.0605 e. The average molecular weight is 384 g/mol. The summed E-state index contributed by atoms with van der Waals surface area (Å²) in [4.78, 5) is 9.15. The quantitative estimate of drug-likeness (QED) is 0.635. The van der Waals surface area contributed by atoms with Crippen molar-refractivity contribution in [3.8, 4) is 11.1 Å². The van der Waals surface area contributed by atoms with E-state index in [-0.39, 0.29) is 0 Å². The summed E-state index contributed by atoms with van der Waals surface area (Å²) in [5, 5.41) is 4.87. The van der Waals surface area contributed by atoms with E-state index in [4.69, 9.17) is 23.2 Å². The molecule has 1 N–H and O–H groups in total.